The largest absolute Gasteiger partial charge is 0.465 e. The van der Waals surface area contributed by atoms with Crippen molar-refractivity contribution >= 4 is 28.2 Å². The van der Waals surface area contributed by atoms with Gasteiger partial charge in [-0.05, 0) is 43.3 Å². The van der Waals surface area contributed by atoms with Crippen molar-refractivity contribution in [2.24, 2.45) is 0 Å². The first-order valence-corrected chi connectivity index (χ1v) is 6.98. The molecule has 2 aromatic carbocycles. The summed E-state index contributed by atoms with van der Waals surface area (Å²) >= 11 is 0. The first-order chi connectivity index (χ1) is 10.7. The Balaban J connectivity index is 2.00. The number of rotatable bonds is 3. The van der Waals surface area contributed by atoms with Crippen molar-refractivity contribution < 1.29 is 9.53 Å². The Morgan fingerprint density at radius 1 is 1.14 bits per heavy atom. The normalized spacial score (nSPS) is 10.5. The maximum Gasteiger partial charge on any atom is 0.337 e. The summed E-state index contributed by atoms with van der Waals surface area (Å²) in [6, 6.07) is 15.3. The van der Waals surface area contributed by atoms with Crippen molar-refractivity contribution in [3.63, 3.8) is 0 Å². The van der Waals surface area contributed by atoms with Gasteiger partial charge in [-0.15, -0.1) is 0 Å². The lowest BCUT2D eigenvalue weighted by Gasteiger charge is -2.11. The molecule has 0 radical (unpaired) electrons. The van der Waals surface area contributed by atoms with E-state index in [0.717, 1.165) is 22.3 Å². The van der Waals surface area contributed by atoms with Gasteiger partial charge in [0.2, 0.25) is 0 Å². The quantitative estimate of drug-likeness (QED) is 0.739. The number of nitrogens with zero attached hydrogens (tertiary/aromatic N) is 1. The predicted molar refractivity (Wildman–Crippen MR) is 87.5 cm³/mol. The Labute approximate surface area is 128 Å². The summed E-state index contributed by atoms with van der Waals surface area (Å²) in [6.45, 7) is 2.05. The molecule has 4 heteroatoms. The Bertz CT molecular complexity index is 843. The summed E-state index contributed by atoms with van der Waals surface area (Å²) < 4.78 is 4.75. The number of hydrogen-bond acceptors (Lipinski definition) is 4. The van der Waals surface area contributed by atoms with Gasteiger partial charge in [0.25, 0.3) is 0 Å². The minimum atomic E-state index is -0.348. The van der Waals surface area contributed by atoms with Crippen LogP contribution < -0.4 is 5.32 Å². The van der Waals surface area contributed by atoms with Gasteiger partial charge in [0.05, 0.1) is 18.2 Å². The molecule has 0 aliphatic carbocycles. The molecule has 1 aromatic heterocycles. The number of ether oxygens (including phenoxy) is 1. The molecule has 1 N–H and O–H groups in total. The van der Waals surface area contributed by atoms with Crippen molar-refractivity contribution in [1.82, 2.24) is 4.98 Å². The molecule has 0 bridgehead atoms. The minimum absolute atomic E-state index is 0.348. The molecule has 0 aliphatic heterocycles. The van der Waals surface area contributed by atoms with Crippen LogP contribution in [0.3, 0.4) is 0 Å². The second kappa shape index (κ2) is 5.85. The maximum absolute atomic E-state index is 11.6. The van der Waals surface area contributed by atoms with Gasteiger partial charge in [-0.3, -0.25) is 4.98 Å². The fourth-order valence-electron chi connectivity index (χ4n) is 2.37. The fraction of sp³-hybridized carbons (Fsp3) is 0.111. The summed E-state index contributed by atoms with van der Waals surface area (Å²) in [5.41, 5.74) is 4.40. The van der Waals surface area contributed by atoms with Gasteiger partial charge in [0.1, 0.15) is 0 Å². The van der Waals surface area contributed by atoms with Gasteiger partial charge in [0, 0.05) is 23.0 Å². The van der Waals surface area contributed by atoms with Crippen molar-refractivity contribution in [2.45, 2.75) is 6.92 Å². The Morgan fingerprint density at radius 3 is 2.82 bits per heavy atom. The second-order valence-electron chi connectivity index (χ2n) is 5.08. The van der Waals surface area contributed by atoms with Crippen LogP contribution in [0.1, 0.15) is 15.9 Å². The van der Waals surface area contributed by atoms with E-state index in [2.05, 4.69) is 16.4 Å². The highest BCUT2D eigenvalue weighted by atomic mass is 16.5. The fourth-order valence-corrected chi connectivity index (χ4v) is 2.37. The smallest absolute Gasteiger partial charge is 0.337 e. The zero-order chi connectivity index (χ0) is 15.5. The van der Waals surface area contributed by atoms with Gasteiger partial charge < -0.3 is 10.1 Å². The Morgan fingerprint density at radius 2 is 2.00 bits per heavy atom. The van der Waals surface area contributed by atoms with Gasteiger partial charge >= 0.3 is 5.97 Å². The summed E-state index contributed by atoms with van der Waals surface area (Å²) in [5, 5.41) is 4.39. The third-order valence-electron chi connectivity index (χ3n) is 3.46. The summed E-state index contributed by atoms with van der Waals surface area (Å²) in [5.74, 6) is -0.348. The van der Waals surface area contributed by atoms with E-state index < -0.39 is 0 Å². The number of carbonyl (C=O) groups is 1. The van der Waals surface area contributed by atoms with Crippen LogP contribution in [-0.4, -0.2) is 18.1 Å². The molecule has 0 fully saturated rings. The number of carbonyl (C=O) groups excluding carboxylic acids is 1. The highest BCUT2D eigenvalue weighted by molar-refractivity contribution is 5.94. The standard InChI is InChI=1S/C18H16N2O2/c1-12-6-7-16-15(10-12)17(8-9-19-16)20-14-5-3-4-13(11-14)18(21)22-2/h3-11H,1-2H3,(H,19,20). The average Bonchev–Trinajstić information content (AvgIpc) is 2.55. The number of nitrogens with one attached hydrogen (secondary N) is 1. The summed E-state index contributed by atoms with van der Waals surface area (Å²) in [6.07, 6.45) is 1.77. The predicted octanol–water partition coefficient (Wildman–Crippen LogP) is 4.07. The molecule has 0 aliphatic rings. The molecular formula is C18H16N2O2. The van der Waals surface area contributed by atoms with Crippen LogP contribution in [0.4, 0.5) is 11.4 Å². The Hall–Kier alpha value is -2.88. The molecule has 0 saturated carbocycles. The number of hydrogen-bond donors (Lipinski definition) is 1. The number of aromatic nitrogens is 1. The monoisotopic (exact) mass is 292 g/mol. The lowest BCUT2D eigenvalue weighted by Crippen LogP contribution is -2.02. The summed E-state index contributed by atoms with van der Waals surface area (Å²) in [4.78, 5) is 16.0. The number of methoxy groups -OCH3 is 1. The van der Waals surface area contributed by atoms with Crippen LogP contribution in [0.25, 0.3) is 10.9 Å². The molecule has 4 nitrogen and oxygen atoms in total. The lowest BCUT2D eigenvalue weighted by molar-refractivity contribution is 0.0601. The van der Waals surface area contributed by atoms with Crippen molar-refractivity contribution in [3.8, 4) is 0 Å². The number of aryl methyl sites for hydroxylation is 1. The van der Waals surface area contributed by atoms with Crippen LogP contribution in [0.2, 0.25) is 0 Å². The van der Waals surface area contributed by atoms with E-state index in [1.54, 1.807) is 18.3 Å². The molecule has 22 heavy (non-hydrogen) atoms. The third kappa shape index (κ3) is 2.76. The van der Waals surface area contributed by atoms with E-state index >= 15 is 0 Å². The van der Waals surface area contributed by atoms with Gasteiger partial charge in [-0.1, -0.05) is 17.7 Å². The van der Waals surface area contributed by atoms with E-state index in [4.69, 9.17) is 4.74 Å². The number of esters is 1. The second-order valence-corrected chi connectivity index (χ2v) is 5.08. The van der Waals surface area contributed by atoms with Crippen LogP contribution in [0.5, 0.6) is 0 Å². The maximum atomic E-state index is 11.6. The van der Waals surface area contributed by atoms with E-state index in [-0.39, 0.29) is 5.97 Å². The van der Waals surface area contributed by atoms with Crippen molar-refractivity contribution in [1.29, 1.82) is 0 Å². The Kier molecular flexibility index (Phi) is 3.74. The van der Waals surface area contributed by atoms with Crippen LogP contribution in [0.15, 0.2) is 54.7 Å². The van der Waals surface area contributed by atoms with E-state index in [0.29, 0.717) is 5.56 Å². The first-order valence-electron chi connectivity index (χ1n) is 6.98. The van der Waals surface area contributed by atoms with Crippen LogP contribution >= 0.6 is 0 Å². The average molecular weight is 292 g/mol. The highest BCUT2D eigenvalue weighted by Crippen LogP contribution is 2.26. The molecule has 0 atom stereocenters. The zero-order valence-electron chi connectivity index (χ0n) is 12.5. The molecule has 1 heterocycles. The number of anilines is 2. The van der Waals surface area contributed by atoms with Gasteiger partial charge in [-0.25, -0.2) is 4.79 Å². The van der Waals surface area contributed by atoms with Crippen LogP contribution in [0, 0.1) is 6.92 Å². The van der Waals surface area contributed by atoms with Crippen molar-refractivity contribution in [3.05, 3.63) is 65.9 Å². The topological polar surface area (TPSA) is 51.2 Å². The van der Waals surface area contributed by atoms with E-state index in [1.165, 1.54) is 12.7 Å². The lowest BCUT2D eigenvalue weighted by atomic mass is 10.1. The highest BCUT2D eigenvalue weighted by Gasteiger charge is 2.07. The molecule has 3 rings (SSSR count). The number of benzene rings is 2. The molecule has 0 saturated heterocycles. The van der Waals surface area contributed by atoms with Gasteiger partial charge in [-0.2, -0.15) is 0 Å². The van der Waals surface area contributed by atoms with E-state index in [9.17, 15) is 4.79 Å². The number of pyridine rings is 1. The molecule has 0 amide bonds. The molecule has 110 valence electrons. The molecule has 0 spiro atoms. The first kappa shape index (κ1) is 14.1. The number of fused-ring (bicyclic) bond motifs is 1. The minimum Gasteiger partial charge on any atom is -0.465 e. The molecular weight excluding hydrogens is 276 g/mol. The van der Waals surface area contributed by atoms with Crippen LogP contribution in [-0.2, 0) is 4.74 Å². The third-order valence-corrected chi connectivity index (χ3v) is 3.46. The molecule has 0 unspecified atom stereocenters. The zero-order valence-corrected chi connectivity index (χ0v) is 12.5. The van der Waals surface area contributed by atoms with Gasteiger partial charge in [0.15, 0.2) is 0 Å². The van der Waals surface area contributed by atoms with Crippen molar-refractivity contribution in [2.75, 3.05) is 12.4 Å². The SMILES string of the molecule is COC(=O)c1cccc(Nc2ccnc3ccc(C)cc23)c1. The summed E-state index contributed by atoms with van der Waals surface area (Å²) in [7, 11) is 1.38. The van der Waals surface area contributed by atoms with E-state index in [1.807, 2.05) is 37.3 Å². The molecule has 3 aromatic rings.